The van der Waals surface area contributed by atoms with Gasteiger partial charge in [0, 0.05) is 13.0 Å². The average molecular weight is 182 g/mol. The maximum absolute atomic E-state index is 11.3. The zero-order chi connectivity index (χ0) is 9.84. The lowest BCUT2D eigenvalue weighted by Crippen LogP contribution is -2.38. The average Bonchev–Trinajstić information content (AvgIpc) is 2.19. The number of aliphatic carboxylic acids is 1. The van der Waals surface area contributed by atoms with Crippen molar-refractivity contribution < 1.29 is 14.7 Å². The molecule has 1 aliphatic heterocycles. The number of nitrogens with one attached hydrogen (secondary N) is 1. The molecule has 13 heavy (non-hydrogen) atoms. The van der Waals surface area contributed by atoms with Gasteiger partial charge in [-0.25, -0.2) is 0 Å². The van der Waals surface area contributed by atoms with Crippen LogP contribution in [0.25, 0.3) is 0 Å². The Balaban J connectivity index is 2.71. The SMILES string of the molecule is N=C1CC=CCN(CC(=O)O)C1=O. The minimum atomic E-state index is -1.06. The van der Waals surface area contributed by atoms with Crippen molar-refractivity contribution in [3.05, 3.63) is 12.2 Å². The van der Waals surface area contributed by atoms with E-state index in [-0.39, 0.29) is 25.2 Å². The first-order chi connectivity index (χ1) is 6.11. The Bertz CT molecular complexity index is 283. The second-order valence-corrected chi connectivity index (χ2v) is 2.73. The predicted molar refractivity (Wildman–Crippen MR) is 45.7 cm³/mol. The van der Waals surface area contributed by atoms with E-state index in [1.165, 1.54) is 0 Å². The van der Waals surface area contributed by atoms with Gasteiger partial charge in [0.05, 0.1) is 0 Å². The normalized spacial score (nSPS) is 17.4. The summed E-state index contributed by atoms with van der Waals surface area (Å²) in [5.74, 6) is -1.55. The van der Waals surface area contributed by atoms with E-state index in [2.05, 4.69) is 0 Å². The van der Waals surface area contributed by atoms with Crippen LogP contribution < -0.4 is 0 Å². The van der Waals surface area contributed by atoms with Gasteiger partial charge in [0.25, 0.3) is 5.91 Å². The zero-order valence-electron chi connectivity index (χ0n) is 6.99. The maximum Gasteiger partial charge on any atom is 0.323 e. The number of carbonyl (C=O) groups is 2. The van der Waals surface area contributed by atoms with Gasteiger partial charge < -0.3 is 10.0 Å². The van der Waals surface area contributed by atoms with Crippen LogP contribution in [-0.4, -0.2) is 40.7 Å². The Kier molecular flexibility index (Phi) is 2.79. The lowest BCUT2D eigenvalue weighted by atomic mass is 10.2. The van der Waals surface area contributed by atoms with Crippen LogP contribution in [0.15, 0.2) is 12.2 Å². The molecule has 1 heterocycles. The maximum atomic E-state index is 11.3. The molecule has 0 radical (unpaired) electrons. The largest absolute Gasteiger partial charge is 0.480 e. The van der Waals surface area contributed by atoms with Crippen LogP contribution in [0.3, 0.4) is 0 Å². The number of carboxylic acid groups (broad SMARTS) is 1. The summed E-state index contributed by atoms with van der Waals surface area (Å²) in [5.41, 5.74) is -0.0602. The van der Waals surface area contributed by atoms with Gasteiger partial charge in [-0.2, -0.15) is 0 Å². The second-order valence-electron chi connectivity index (χ2n) is 2.73. The molecule has 70 valence electrons. The molecule has 1 rings (SSSR count). The van der Waals surface area contributed by atoms with E-state index in [9.17, 15) is 9.59 Å². The lowest BCUT2D eigenvalue weighted by molar-refractivity contribution is -0.141. The van der Waals surface area contributed by atoms with E-state index in [0.29, 0.717) is 0 Å². The van der Waals surface area contributed by atoms with Gasteiger partial charge in [0.15, 0.2) is 0 Å². The number of carboxylic acids is 1. The predicted octanol–water partition coefficient (Wildman–Crippen LogP) is -0.121. The lowest BCUT2D eigenvalue weighted by Gasteiger charge is -2.16. The van der Waals surface area contributed by atoms with Crippen molar-refractivity contribution in [1.29, 1.82) is 5.41 Å². The third kappa shape index (κ3) is 2.40. The standard InChI is InChI=1S/C8H10N2O3/c9-6-3-1-2-4-10(8(6)13)5-7(11)12/h1-2,9H,3-5H2,(H,11,12). The van der Waals surface area contributed by atoms with Crippen molar-refractivity contribution in [3.8, 4) is 0 Å². The van der Waals surface area contributed by atoms with Crippen molar-refractivity contribution in [2.24, 2.45) is 0 Å². The molecule has 0 aromatic rings. The van der Waals surface area contributed by atoms with E-state index in [1.54, 1.807) is 12.2 Å². The van der Waals surface area contributed by atoms with Crippen LogP contribution in [0.1, 0.15) is 6.42 Å². The van der Waals surface area contributed by atoms with Crippen molar-refractivity contribution >= 4 is 17.6 Å². The minimum absolute atomic E-state index is 0.0602. The molecule has 1 amide bonds. The van der Waals surface area contributed by atoms with E-state index in [4.69, 9.17) is 10.5 Å². The molecular formula is C8H10N2O3. The molecule has 5 nitrogen and oxygen atoms in total. The molecular weight excluding hydrogens is 172 g/mol. The molecule has 0 aromatic carbocycles. The summed E-state index contributed by atoms with van der Waals surface area (Å²) in [6, 6.07) is 0. The highest BCUT2D eigenvalue weighted by molar-refractivity contribution is 6.38. The van der Waals surface area contributed by atoms with E-state index >= 15 is 0 Å². The van der Waals surface area contributed by atoms with Crippen molar-refractivity contribution in [1.82, 2.24) is 4.90 Å². The Morgan fingerprint density at radius 3 is 2.92 bits per heavy atom. The first-order valence-corrected chi connectivity index (χ1v) is 3.84. The number of hydrogen-bond acceptors (Lipinski definition) is 3. The highest BCUT2D eigenvalue weighted by atomic mass is 16.4. The van der Waals surface area contributed by atoms with Crippen molar-refractivity contribution in [2.45, 2.75) is 6.42 Å². The molecule has 0 aliphatic carbocycles. The van der Waals surface area contributed by atoms with Gasteiger partial charge in [-0.15, -0.1) is 0 Å². The number of rotatable bonds is 2. The molecule has 0 aromatic heterocycles. The van der Waals surface area contributed by atoms with Crippen LogP contribution >= 0.6 is 0 Å². The summed E-state index contributed by atoms with van der Waals surface area (Å²) in [7, 11) is 0. The van der Waals surface area contributed by atoms with Crippen molar-refractivity contribution in [3.63, 3.8) is 0 Å². The highest BCUT2D eigenvalue weighted by Crippen LogP contribution is 2.01. The Morgan fingerprint density at radius 2 is 2.31 bits per heavy atom. The number of allylic oxidation sites excluding steroid dienone is 1. The van der Waals surface area contributed by atoms with E-state index in [0.717, 1.165) is 4.90 Å². The molecule has 0 saturated heterocycles. The fraction of sp³-hybridized carbons (Fsp3) is 0.375. The molecule has 0 bridgehead atoms. The smallest absolute Gasteiger partial charge is 0.323 e. The van der Waals surface area contributed by atoms with Gasteiger partial charge in [0.2, 0.25) is 0 Å². The fourth-order valence-electron chi connectivity index (χ4n) is 1.06. The molecule has 0 saturated carbocycles. The number of nitrogens with zero attached hydrogens (tertiary/aromatic N) is 1. The second kappa shape index (κ2) is 3.84. The molecule has 0 atom stereocenters. The summed E-state index contributed by atoms with van der Waals surface area (Å²) < 4.78 is 0. The van der Waals surface area contributed by atoms with Crippen LogP contribution in [0.4, 0.5) is 0 Å². The molecule has 0 unspecified atom stereocenters. The summed E-state index contributed by atoms with van der Waals surface area (Å²) in [6.07, 6.45) is 3.68. The van der Waals surface area contributed by atoms with Gasteiger partial charge in [-0.3, -0.25) is 15.0 Å². The van der Waals surface area contributed by atoms with E-state index < -0.39 is 11.9 Å². The number of amides is 1. The zero-order valence-corrected chi connectivity index (χ0v) is 6.99. The quantitative estimate of drug-likeness (QED) is 0.584. The first kappa shape index (κ1) is 9.44. The molecule has 0 fully saturated rings. The van der Waals surface area contributed by atoms with Gasteiger partial charge in [0.1, 0.15) is 12.3 Å². The molecule has 1 aliphatic rings. The third-order valence-electron chi connectivity index (χ3n) is 1.69. The monoisotopic (exact) mass is 182 g/mol. The molecule has 0 spiro atoms. The highest BCUT2D eigenvalue weighted by Gasteiger charge is 2.20. The van der Waals surface area contributed by atoms with Gasteiger partial charge in [-0.05, 0) is 0 Å². The first-order valence-electron chi connectivity index (χ1n) is 3.84. The van der Waals surface area contributed by atoms with Crippen LogP contribution in [0.2, 0.25) is 0 Å². The van der Waals surface area contributed by atoms with Gasteiger partial charge in [-0.1, -0.05) is 12.2 Å². The Hall–Kier alpha value is -1.65. The molecule has 2 N–H and O–H groups in total. The summed E-state index contributed by atoms with van der Waals surface area (Å²) in [5, 5.41) is 15.7. The Labute approximate surface area is 75.2 Å². The van der Waals surface area contributed by atoms with Crippen LogP contribution in [-0.2, 0) is 9.59 Å². The van der Waals surface area contributed by atoms with Crippen LogP contribution in [0, 0.1) is 5.41 Å². The Morgan fingerprint density at radius 1 is 1.62 bits per heavy atom. The number of hydrogen-bond donors (Lipinski definition) is 2. The van der Waals surface area contributed by atoms with Gasteiger partial charge >= 0.3 is 5.97 Å². The van der Waals surface area contributed by atoms with Crippen molar-refractivity contribution in [2.75, 3.05) is 13.1 Å². The third-order valence-corrected chi connectivity index (χ3v) is 1.69. The van der Waals surface area contributed by atoms with E-state index in [1.807, 2.05) is 0 Å². The van der Waals surface area contributed by atoms with Crippen LogP contribution in [0.5, 0.6) is 0 Å². The summed E-state index contributed by atoms with van der Waals surface area (Å²) in [6.45, 7) is -0.0704. The molecule has 5 heteroatoms. The summed E-state index contributed by atoms with van der Waals surface area (Å²) >= 11 is 0. The minimum Gasteiger partial charge on any atom is -0.480 e. The fourth-order valence-corrected chi connectivity index (χ4v) is 1.06. The topological polar surface area (TPSA) is 81.5 Å². The number of carbonyl (C=O) groups excluding carboxylic acids is 1. The summed E-state index contributed by atoms with van der Waals surface area (Å²) in [4.78, 5) is 22.8.